The summed E-state index contributed by atoms with van der Waals surface area (Å²) in [6.45, 7) is 5.89. The number of methoxy groups -OCH3 is 1. The molecular formula is C12H16O4. The van der Waals surface area contributed by atoms with Crippen LogP contribution in [0.25, 0.3) is 0 Å². The lowest BCUT2D eigenvalue weighted by molar-refractivity contribution is 0.0693. The van der Waals surface area contributed by atoms with Crippen molar-refractivity contribution < 1.29 is 19.7 Å². The number of carboxylic acid groups (broad SMARTS) is 1. The maximum Gasteiger partial charge on any atom is 0.339 e. The van der Waals surface area contributed by atoms with E-state index in [2.05, 4.69) is 0 Å². The molecule has 0 aliphatic rings. The molecule has 0 aliphatic carbocycles. The summed E-state index contributed by atoms with van der Waals surface area (Å²) in [6.07, 6.45) is 0. The van der Waals surface area contributed by atoms with Gasteiger partial charge in [0.05, 0.1) is 7.11 Å². The first kappa shape index (κ1) is 12.4. The van der Waals surface area contributed by atoms with Gasteiger partial charge in [-0.2, -0.15) is 0 Å². The van der Waals surface area contributed by atoms with Crippen molar-refractivity contribution in [2.75, 3.05) is 7.11 Å². The van der Waals surface area contributed by atoms with Gasteiger partial charge in [-0.3, -0.25) is 0 Å². The molecule has 0 spiro atoms. The molecule has 16 heavy (non-hydrogen) atoms. The molecule has 1 aromatic rings. The Hall–Kier alpha value is -1.71. The van der Waals surface area contributed by atoms with E-state index in [1.807, 2.05) is 20.8 Å². The summed E-state index contributed by atoms with van der Waals surface area (Å²) in [7, 11) is 1.40. The average molecular weight is 224 g/mol. The molecule has 2 N–H and O–H groups in total. The summed E-state index contributed by atoms with van der Waals surface area (Å²) in [5.41, 5.74) is 0.467. The molecule has 1 rings (SSSR count). The van der Waals surface area contributed by atoms with Crippen LogP contribution in [0.3, 0.4) is 0 Å². The lowest BCUT2D eigenvalue weighted by atomic mass is 9.85. The lowest BCUT2D eigenvalue weighted by Crippen LogP contribution is -2.13. The van der Waals surface area contributed by atoms with Gasteiger partial charge in [0.1, 0.15) is 5.56 Å². The Morgan fingerprint density at radius 1 is 1.31 bits per heavy atom. The second-order valence-corrected chi connectivity index (χ2v) is 4.63. The molecule has 88 valence electrons. The minimum atomic E-state index is -1.16. The van der Waals surface area contributed by atoms with E-state index in [0.717, 1.165) is 5.56 Å². The van der Waals surface area contributed by atoms with Crippen molar-refractivity contribution in [1.29, 1.82) is 0 Å². The molecule has 0 aliphatic heterocycles. The molecule has 0 amide bonds. The van der Waals surface area contributed by atoms with Crippen LogP contribution in [0.5, 0.6) is 11.5 Å². The summed E-state index contributed by atoms with van der Waals surface area (Å²) in [5, 5.41) is 18.6. The molecule has 0 atom stereocenters. The first-order valence-electron chi connectivity index (χ1n) is 4.92. The molecule has 0 bridgehead atoms. The Morgan fingerprint density at radius 3 is 2.25 bits per heavy atom. The molecule has 0 fully saturated rings. The summed E-state index contributed by atoms with van der Waals surface area (Å²) in [6, 6.07) is 3.13. The van der Waals surface area contributed by atoms with Crippen molar-refractivity contribution in [2.24, 2.45) is 0 Å². The zero-order valence-electron chi connectivity index (χ0n) is 9.87. The highest BCUT2D eigenvalue weighted by atomic mass is 16.5. The first-order valence-corrected chi connectivity index (χ1v) is 4.92. The van der Waals surface area contributed by atoms with Gasteiger partial charge < -0.3 is 14.9 Å². The second kappa shape index (κ2) is 4.04. The van der Waals surface area contributed by atoms with Crippen LogP contribution in [-0.4, -0.2) is 23.3 Å². The zero-order chi connectivity index (χ0) is 12.5. The van der Waals surface area contributed by atoms with Crippen LogP contribution in [0.4, 0.5) is 0 Å². The summed E-state index contributed by atoms with van der Waals surface area (Å²) in [5.74, 6) is -1.31. The van der Waals surface area contributed by atoms with E-state index in [4.69, 9.17) is 9.84 Å². The maximum atomic E-state index is 11.0. The summed E-state index contributed by atoms with van der Waals surface area (Å²) in [4.78, 5) is 11.0. The van der Waals surface area contributed by atoms with E-state index in [9.17, 15) is 9.90 Å². The monoisotopic (exact) mass is 224 g/mol. The van der Waals surface area contributed by atoms with Gasteiger partial charge in [0.2, 0.25) is 0 Å². The van der Waals surface area contributed by atoms with Crippen molar-refractivity contribution in [1.82, 2.24) is 0 Å². The fourth-order valence-electron chi connectivity index (χ4n) is 1.36. The van der Waals surface area contributed by atoms with Crippen molar-refractivity contribution in [3.8, 4) is 11.5 Å². The standard InChI is InChI=1S/C12H16O4/c1-12(2,3)7-5-8(11(14)15)10(13)9(6-7)16-4/h5-6,13H,1-4H3,(H,14,15). The van der Waals surface area contributed by atoms with Crippen LogP contribution in [0, 0.1) is 0 Å². The second-order valence-electron chi connectivity index (χ2n) is 4.63. The van der Waals surface area contributed by atoms with Gasteiger partial charge in [-0.05, 0) is 23.1 Å². The van der Waals surface area contributed by atoms with Crippen molar-refractivity contribution in [3.63, 3.8) is 0 Å². The van der Waals surface area contributed by atoms with E-state index in [1.165, 1.54) is 13.2 Å². The minimum Gasteiger partial charge on any atom is -0.504 e. The highest BCUT2D eigenvalue weighted by Gasteiger charge is 2.21. The number of hydrogen-bond acceptors (Lipinski definition) is 3. The number of hydrogen-bond donors (Lipinski definition) is 2. The van der Waals surface area contributed by atoms with E-state index in [0.29, 0.717) is 0 Å². The number of carboxylic acids is 1. The normalized spacial score (nSPS) is 11.2. The zero-order valence-corrected chi connectivity index (χ0v) is 9.87. The van der Waals surface area contributed by atoms with Gasteiger partial charge in [0.15, 0.2) is 11.5 Å². The molecule has 0 radical (unpaired) electrons. The van der Waals surface area contributed by atoms with Crippen LogP contribution < -0.4 is 4.74 Å². The van der Waals surface area contributed by atoms with Crippen LogP contribution in [0.1, 0.15) is 36.7 Å². The number of aromatic carboxylic acids is 1. The van der Waals surface area contributed by atoms with Crippen LogP contribution in [0.2, 0.25) is 0 Å². The molecule has 1 aromatic carbocycles. The Balaban J connectivity index is 3.46. The van der Waals surface area contributed by atoms with Gasteiger partial charge in [-0.15, -0.1) is 0 Å². The quantitative estimate of drug-likeness (QED) is 0.809. The fourth-order valence-corrected chi connectivity index (χ4v) is 1.36. The first-order chi connectivity index (χ1) is 7.27. The maximum absolute atomic E-state index is 11.0. The molecule has 4 heteroatoms. The number of aromatic hydroxyl groups is 1. The van der Waals surface area contributed by atoms with E-state index >= 15 is 0 Å². The van der Waals surface area contributed by atoms with Crippen LogP contribution in [-0.2, 0) is 5.41 Å². The largest absolute Gasteiger partial charge is 0.504 e. The van der Waals surface area contributed by atoms with Gasteiger partial charge in [-0.1, -0.05) is 20.8 Å². The third-order valence-corrected chi connectivity index (χ3v) is 2.39. The van der Waals surface area contributed by atoms with E-state index in [1.54, 1.807) is 6.07 Å². The molecular weight excluding hydrogens is 208 g/mol. The summed E-state index contributed by atoms with van der Waals surface area (Å²) >= 11 is 0. The number of benzene rings is 1. The number of phenols is 1. The average Bonchev–Trinajstić information content (AvgIpc) is 2.15. The number of rotatable bonds is 2. The molecule has 0 unspecified atom stereocenters. The molecule has 0 saturated heterocycles. The predicted molar refractivity (Wildman–Crippen MR) is 60.3 cm³/mol. The predicted octanol–water partition coefficient (Wildman–Crippen LogP) is 2.40. The minimum absolute atomic E-state index is 0.135. The van der Waals surface area contributed by atoms with Crippen LogP contribution >= 0.6 is 0 Å². The van der Waals surface area contributed by atoms with Gasteiger partial charge >= 0.3 is 5.97 Å². The number of ether oxygens (including phenoxy) is 1. The summed E-state index contributed by atoms with van der Waals surface area (Å²) < 4.78 is 4.96. The van der Waals surface area contributed by atoms with Gasteiger partial charge in [0.25, 0.3) is 0 Å². The number of carbonyl (C=O) groups is 1. The van der Waals surface area contributed by atoms with Crippen molar-refractivity contribution >= 4 is 5.97 Å². The molecule has 0 aromatic heterocycles. The van der Waals surface area contributed by atoms with Crippen molar-refractivity contribution in [2.45, 2.75) is 26.2 Å². The fraction of sp³-hybridized carbons (Fsp3) is 0.417. The third-order valence-electron chi connectivity index (χ3n) is 2.39. The SMILES string of the molecule is COc1cc(C(C)(C)C)cc(C(=O)O)c1O. The van der Waals surface area contributed by atoms with Crippen molar-refractivity contribution in [3.05, 3.63) is 23.3 Å². The topological polar surface area (TPSA) is 66.8 Å². The van der Waals surface area contributed by atoms with E-state index < -0.39 is 5.97 Å². The van der Waals surface area contributed by atoms with E-state index in [-0.39, 0.29) is 22.5 Å². The highest BCUT2D eigenvalue weighted by molar-refractivity contribution is 5.92. The Morgan fingerprint density at radius 2 is 1.88 bits per heavy atom. The molecule has 4 nitrogen and oxygen atoms in total. The third kappa shape index (κ3) is 2.27. The van der Waals surface area contributed by atoms with Crippen LogP contribution in [0.15, 0.2) is 12.1 Å². The Bertz CT molecular complexity index is 416. The highest BCUT2D eigenvalue weighted by Crippen LogP contribution is 2.35. The lowest BCUT2D eigenvalue weighted by Gasteiger charge is -2.21. The Kier molecular flexibility index (Phi) is 3.12. The smallest absolute Gasteiger partial charge is 0.339 e. The van der Waals surface area contributed by atoms with Gasteiger partial charge in [-0.25, -0.2) is 4.79 Å². The molecule has 0 heterocycles. The molecule has 0 saturated carbocycles. The van der Waals surface area contributed by atoms with Gasteiger partial charge in [0, 0.05) is 0 Å². The Labute approximate surface area is 94.5 Å².